The van der Waals surface area contributed by atoms with E-state index in [1.807, 2.05) is 42.5 Å². The molecule has 7 heteroatoms. The Balaban J connectivity index is 1.49. The Kier molecular flexibility index (Phi) is 6.75. The Labute approximate surface area is 187 Å². The van der Waals surface area contributed by atoms with Gasteiger partial charge in [0.1, 0.15) is 12.1 Å². The maximum absolute atomic E-state index is 12.6. The predicted molar refractivity (Wildman–Crippen MR) is 127 cm³/mol. The summed E-state index contributed by atoms with van der Waals surface area (Å²) in [5, 5.41) is 16.1. The van der Waals surface area contributed by atoms with Crippen molar-refractivity contribution in [3.63, 3.8) is 0 Å². The van der Waals surface area contributed by atoms with E-state index in [9.17, 15) is 4.79 Å². The lowest BCUT2D eigenvalue weighted by molar-refractivity contribution is -0.112. The fraction of sp³-hybridized carbons (Fsp3) is 0.240. The minimum absolute atomic E-state index is 0.150. The predicted octanol–water partition coefficient (Wildman–Crippen LogP) is 3.31. The van der Waals surface area contributed by atoms with Gasteiger partial charge >= 0.3 is 0 Å². The number of likely N-dealkylation sites (tertiary alicyclic amines) is 1. The highest BCUT2D eigenvalue weighted by Gasteiger charge is 2.14. The average molecular weight is 428 g/mol. The van der Waals surface area contributed by atoms with Gasteiger partial charge in [-0.15, -0.1) is 6.42 Å². The second-order valence-electron chi connectivity index (χ2n) is 7.66. The van der Waals surface area contributed by atoms with Crippen LogP contribution in [-0.4, -0.2) is 52.1 Å². The lowest BCUT2D eigenvalue weighted by Gasteiger charge is -2.27. The number of amides is 1. The summed E-state index contributed by atoms with van der Waals surface area (Å²) in [5.41, 5.74) is 4.16. The molecule has 2 aromatic carbocycles. The Bertz CT molecular complexity index is 1190. The van der Waals surface area contributed by atoms with Gasteiger partial charge in [-0.3, -0.25) is 4.79 Å². The van der Waals surface area contributed by atoms with Gasteiger partial charge in [0.05, 0.1) is 12.1 Å². The van der Waals surface area contributed by atoms with Gasteiger partial charge in [-0.25, -0.2) is 9.97 Å². The molecule has 4 rings (SSSR count). The summed E-state index contributed by atoms with van der Waals surface area (Å²) in [4.78, 5) is 23.5. The van der Waals surface area contributed by atoms with E-state index in [1.54, 1.807) is 6.08 Å². The van der Waals surface area contributed by atoms with Crippen LogP contribution in [0.1, 0.15) is 18.4 Å². The van der Waals surface area contributed by atoms with Crippen molar-refractivity contribution in [3.8, 4) is 12.3 Å². The molecule has 1 aromatic heterocycles. The first-order valence-electron chi connectivity index (χ1n) is 10.6. The van der Waals surface area contributed by atoms with E-state index in [-0.39, 0.29) is 12.5 Å². The van der Waals surface area contributed by atoms with Crippen molar-refractivity contribution in [2.45, 2.75) is 12.8 Å². The third-order valence-corrected chi connectivity index (χ3v) is 5.44. The number of hydrogen-bond donors (Lipinski definition) is 3. The van der Waals surface area contributed by atoms with Crippen LogP contribution in [0, 0.1) is 12.3 Å². The Morgan fingerprint density at radius 1 is 1.16 bits per heavy atom. The van der Waals surface area contributed by atoms with Gasteiger partial charge in [0.2, 0.25) is 5.91 Å². The smallest absolute Gasteiger partial charge is 0.248 e. The van der Waals surface area contributed by atoms with Gasteiger partial charge in [-0.2, -0.15) is 0 Å². The van der Waals surface area contributed by atoms with Gasteiger partial charge in [0.25, 0.3) is 0 Å². The van der Waals surface area contributed by atoms with Crippen LogP contribution in [0.5, 0.6) is 0 Å². The van der Waals surface area contributed by atoms with Crippen LogP contribution < -0.4 is 10.6 Å². The molecule has 1 amide bonds. The molecule has 3 aromatic rings. The molecule has 1 saturated heterocycles. The molecule has 3 N–H and O–H groups in total. The third kappa shape index (κ3) is 5.30. The second-order valence-corrected chi connectivity index (χ2v) is 7.66. The minimum atomic E-state index is -0.150. The van der Waals surface area contributed by atoms with E-state index in [0.29, 0.717) is 18.1 Å². The lowest BCUT2D eigenvalue weighted by Crippen LogP contribution is -2.33. The molecular formula is C25H25N5O2. The number of hydrogen-bond acceptors (Lipinski definition) is 6. The Morgan fingerprint density at radius 3 is 2.78 bits per heavy atom. The molecule has 0 radical (unpaired) electrons. The second kappa shape index (κ2) is 10.1. The zero-order chi connectivity index (χ0) is 22.3. The number of nitrogens with one attached hydrogen (secondary N) is 2. The number of terminal acetylenes is 1. The number of carbonyl (C=O) groups is 1. The quantitative estimate of drug-likeness (QED) is 0.413. The number of fused-ring (bicyclic) bond motifs is 1. The van der Waals surface area contributed by atoms with Crippen molar-refractivity contribution in [2.75, 3.05) is 36.9 Å². The lowest BCUT2D eigenvalue weighted by atomic mass is 10.0. The van der Waals surface area contributed by atoms with Crippen molar-refractivity contribution in [1.29, 1.82) is 0 Å². The number of anilines is 3. The van der Waals surface area contributed by atoms with Gasteiger partial charge in [0.15, 0.2) is 0 Å². The number of piperidine rings is 1. The van der Waals surface area contributed by atoms with Crippen LogP contribution in [0.3, 0.4) is 0 Å². The van der Waals surface area contributed by atoms with Gasteiger partial charge in [-0.1, -0.05) is 17.6 Å². The molecule has 0 atom stereocenters. The number of nitrogens with zero attached hydrogens (tertiary/aromatic N) is 3. The first-order chi connectivity index (χ1) is 15.6. The molecule has 1 aliphatic rings. The SMILES string of the molecule is C#Cc1cccc(Nc2ncnc3ccc(NC(=O)C=C4CCN(CCO)CC4)cc23)c1. The molecule has 0 saturated carbocycles. The molecule has 0 aliphatic carbocycles. The van der Waals surface area contributed by atoms with Crippen LogP contribution in [-0.2, 0) is 4.79 Å². The molecule has 7 nitrogen and oxygen atoms in total. The standard InChI is InChI=1S/C25H25N5O2/c1-2-18-4-3-5-20(14-18)29-25-22-16-21(6-7-23(22)26-17-27-25)28-24(32)15-19-8-10-30(11-9-19)12-13-31/h1,3-7,14-17,31H,8-13H2,(H,28,32)(H,26,27,29). The Morgan fingerprint density at radius 2 is 2.00 bits per heavy atom. The fourth-order valence-electron chi connectivity index (χ4n) is 3.77. The maximum atomic E-state index is 12.6. The van der Waals surface area contributed by atoms with Crippen LogP contribution in [0.25, 0.3) is 10.9 Å². The van der Waals surface area contributed by atoms with Gasteiger partial charge in [0, 0.05) is 48.0 Å². The summed E-state index contributed by atoms with van der Waals surface area (Å²) in [6.45, 7) is 2.57. The zero-order valence-electron chi connectivity index (χ0n) is 17.7. The summed E-state index contributed by atoms with van der Waals surface area (Å²) < 4.78 is 0. The molecule has 2 heterocycles. The zero-order valence-corrected chi connectivity index (χ0v) is 17.7. The average Bonchev–Trinajstić information content (AvgIpc) is 2.81. The molecule has 1 aliphatic heterocycles. The van der Waals surface area contributed by atoms with Crippen LogP contribution in [0.15, 0.2) is 60.4 Å². The van der Waals surface area contributed by atoms with E-state index < -0.39 is 0 Å². The van der Waals surface area contributed by atoms with Gasteiger partial charge in [-0.05, 0) is 49.2 Å². The molecule has 0 spiro atoms. The van der Waals surface area contributed by atoms with Crippen LogP contribution >= 0.6 is 0 Å². The van der Waals surface area contributed by atoms with Crippen LogP contribution in [0.2, 0.25) is 0 Å². The van der Waals surface area contributed by atoms with Crippen molar-refractivity contribution in [1.82, 2.24) is 14.9 Å². The highest BCUT2D eigenvalue weighted by atomic mass is 16.3. The highest BCUT2D eigenvalue weighted by molar-refractivity contribution is 6.02. The van der Waals surface area contributed by atoms with Crippen LogP contribution in [0.4, 0.5) is 17.2 Å². The number of aliphatic hydroxyl groups is 1. The highest BCUT2D eigenvalue weighted by Crippen LogP contribution is 2.26. The number of aromatic nitrogens is 2. The number of β-amino-alcohol motifs (C(OH)–C–C–N with tert-alkyl or cyclic N) is 1. The molecule has 1 fully saturated rings. The maximum Gasteiger partial charge on any atom is 0.248 e. The number of rotatable bonds is 6. The molecule has 162 valence electrons. The largest absolute Gasteiger partial charge is 0.395 e. The summed E-state index contributed by atoms with van der Waals surface area (Å²) in [6.07, 6.45) is 10.4. The molecule has 0 unspecified atom stereocenters. The first-order valence-corrected chi connectivity index (χ1v) is 10.6. The summed E-state index contributed by atoms with van der Waals surface area (Å²) in [7, 11) is 0. The van der Waals surface area contributed by atoms with E-state index in [2.05, 4.69) is 31.4 Å². The normalized spacial score (nSPS) is 14.1. The van der Waals surface area contributed by atoms with E-state index in [0.717, 1.165) is 53.7 Å². The summed E-state index contributed by atoms with van der Waals surface area (Å²) >= 11 is 0. The number of aliphatic hydroxyl groups excluding tert-OH is 1. The minimum Gasteiger partial charge on any atom is -0.395 e. The van der Waals surface area contributed by atoms with Crippen molar-refractivity contribution >= 4 is 34.0 Å². The molecule has 0 bridgehead atoms. The Hall–Kier alpha value is -3.73. The van der Waals surface area contributed by atoms with Crippen molar-refractivity contribution < 1.29 is 9.90 Å². The summed E-state index contributed by atoms with van der Waals surface area (Å²) in [6, 6.07) is 13.1. The molecular weight excluding hydrogens is 402 g/mol. The van der Waals surface area contributed by atoms with Gasteiger partial charge < -0.3 is 20.6 Å². The van der Waals surface area contributed by atoms with E-state index >= 15 is 0 Å². The topological polar surface area (TPSA) is 90.4 Å². The van der Waals surface area contributed by atoms with Crippen molar-refractivity contribution in [3.05, 3.63) is 66.0 Å². The fourth-order valence-corrected chi connectivity index (χ4v) is 3.77. The molecule has 32 heavy (non-hydrogen) atoms. The van der Waals surface area contributed by atoms with E-state index in [4.69, 9.17) is 11.5 Å². The first kappa shape index (κ1) is 21.5. The number of carbonyl (C=O) groups excluding carboxylic acids is 1. The monoisotopic (exact) mass is 427 g/mol. The number of benzene rings is 2. The van der Waals surface area contributed by atoms with E-state index in [1.165, 1.54) is 6.33 Å². The summed E-state index contributed by atoms with van der Waals surface area (Å²) in [5.74, 6) is 3.11. The third-order valence-electron chi connectivity index (χ3n) is 5.44. The van der Waals surface area contributed by atoms with Crippen molar-refractivity contribution in [2.24, 2.45) is 0 Å².